The molecule has 0 radical (unpaired) electrons. The highest BCUT2D eigenvalue weighted by Gasteiger charge is 2.08. The van der Waals surface area contributed by atoms with Gasteiger partial charge in [-0.3, -0.25) is 0 Å². The molecule has 2 nitrogen and oxygen atoms in total. The maximum Gasteiger partial charge on any atom is 0.142 e. The van der Waals surface area contributed by atoms with E-state index in [2.05, 4.69) is 64.6 Å². The molecule has 0 atom stereocenters. The Morgan fingerprint density at radius 2 is 1.84 bits per heavy atom. The van der Waals surface area contributed by atoms with Crippen molar-refractivity contribution in [1.29, 1.82) is 0 Å². The van der Waals surface area contributed by atoms with E-state index in [-0.39, 0.29) is 0 Å². The Bertz CT molecular complexity index is 678. The van der Waals surface area contributed by atoms with Crippen LogP contribution in [-0.4, -0.2) is 0 Å². The van der Waals surface area contributed by atoms with Crippen LogP contribution < -0.4 is 5.73 Å². The molecule has 1 aromatic rings. The van der Waals surface area contributed by atoms with Crippen molar-refractivity contribution in [3.05, 3.63) is 82.3 Å². The van der Waals surface area contributed by atoms with Crippen molar-refractivity contribution in [2.45, 2.75) is 60.5 Å². The van der Waals surface area contributed by atoms with Crippen LogP contribution in [0.15, 0.2) is 60.0 Å². The summed E-state index contributed by atoms with van der Waals surface area (Å²) in [5, 5.41) is 0. The second kappa shape index (κ2) is 10.6. The van der Waals surface area contributed by atoms with Gasteiger partial charge in [0.15, 0.2) is 0 Å². The van der Waals surface area contributed by atoms with Gasteiger partial charge in [0.2, 0.25) is 0 Å². The Hall–Kier alpha value is -2.22. The molecule has 0 unspecified atom stereocenters. The molecule has 136 valence electrons. The maximum atomic E-state index is 6.04. The van der Waals surface area contributed by atoms with E-state index in [4.69, 9.17) is 10.5 Å². The zero-order valence-electron chi connectivity index (χ0n) is 16.5. The average molecular weight is 340 g/mol. The van der Waals surface area contributed by atoms with Crippen LogP contribution >= 0.6 is 0 Å². The molecule has 0 heterocycles. The third-order valence-corrected chi connectivity index (χ3v) is 4.45. The molecule has 0 spiro atoms. The quantitative estimate of drug-likeness (QED) is 0.331. The van der Waals surface area contributed by atoms with Crippen LogP contribution in [0.5, 0.6) is 0 Å². The van der Waals surface area contributed by atoms with Crippen LogP contribution in [0.25, 0.3) is 0 Å². The van der Waals surface area contributed by atoms with Gasteiger partial charge in [0.05, 0.1) is 5.70 Å². The molecule has 0 saturated carbocycles. The topological polar surface area (TPSA) is 35.2 Å². The summed E-state index contributed by atoms with van der Waals surface area (Å²) in [5.41, 5.74) is 12.6. The van der Waals surface area contributed by atoms with Crippen molar-refractivity contribution >= 4 is 0 Å². The van der Waals surface area contributed by atoms with Crippen LogP contribution in [0, 0.1) is 20.8 Å². The van der Waals surface area contributed by atoms with Crippen molar-refractivity contribution in [2.75, 3.05) is 0 Å². The number of hydrogen-bond acceptors (Lipinski definition) is 2. The van der Waals surface area contributed by atoms with Crippen molar-refractivity contribution in [3.63, 3.8) is 0 Å². The van der Waals surface area contributed by atoms with Gasteiger partial charge in [-0.2, -0.15) is 0 Å². The van der Waals surface area contributed by atoms with E-state index in [9.17, 15) is 0 Å². The first-order valence-electron chi connectivity index (χ1n) is 9.05. The third kappa shape index (κ3) is 6.66. The van der Waals surface area contributed by atoms with Gasteiger partial charge in [-0.1, -0.05) is 50.3 Å². The predicted molar refractivity (Wildman–Crippen MR) is 109 cm³/mol. The maximum absolute atomic E-state index is 6.04. The number of allylic oxidation sites excluding steroid dienone is 5. The molecule has 0 aliphatic rings. The van der Waals surface area contributed by atoms with E-state index in [1.54, 1.807) is 0 Å². The molecular formula is C23H33NO. The van der Waals surface area contributed by atoms with E-state index in [1.165, 1.54) is 34.2 Å². The molecule has 2 N–H and O–H groups in total. The fraction of sp³-hybridized carbons (Fsp3) is 0.391. The highest BCUT2D eigenvalue weighted by molar-refractivity contribution is 5.39. The van der Waals surface area contributed by atoms with Crippen molar-refractivity contribution in [2.24, 2.45) is 5.73 Å². The normalized spacial score (nSPS) is 12.7. The fourth-order valence-electron chi connectivity index (χ4n) is 2.54. The lowest BCUT2D eigenvalue weighted by molar-refractivity contribution is 0.205. The Balaban J connectivity index is 2.90. The van der Waals surface area contributed by atoms with Gasteiger partial charge < -0.3 is 10.5 Å². The largest absolute Gasteiger partial charge is 0.487 e. The molecule has 0 saturated heterocycles. The number of rotatable bonds is 9. The van der Waals surface area contributed by atoms with Crippen molar-refractivity contribution in [3.8, 4) is 0 Å². The molecule has 2 heteroatoms. The minimum atomic E-state index is 0.458. The smallest absolute Gasteiger partial charge is 0.142 e. The molecule has 0 aromatic heterocycles. The monoisotopic (exact) mass is 339 g/mol. The van der Waals surface area contributed by atoms with Gasteiger partial charge >= 0.3 is 0 Å². The van der Waals surface area contributed by atoms with Gasteiger partial charge in [-0.25, -0.2) is 0 Å². The minimum Gasteiger partial charge on any atom is -0.487 e. The molecular weight excluding hydrogens is 306 g/mol. The number of nitrogens with two attached hydrogens (primary N) is 1. The van der Waals surface area contributed by atoms with E-state index in [0.717, 1.165) is 12.8 Å². The summed E-state index contributed by atoms with van der Waals surface area (Å²) in [4.78, 5) is 0. The van der Waals surface area contributed by atoms with Crippen molar-refractivity contribution in [1.82, 2.24) is 0 Å². The highest BCUT2D eigenvalue weighted by Crippen LogP contribution is 2.21. The van der Waals surface area contributed by atoms with Gasteiger partial charge in [-0.15, -0.1) is 0 Å². The molecule has 0 fully saturated rings. The second-order valence-corrected chi connectivity index (χ2v) is 6.45. The lowest BCUT2D eigenvalue weighted by atomic mass is 9.99. The number of hydrogen-bond donors (Lipinski definition) is 1. The zero-order valence-corrected chi connectivity index (χ0v) is 16.5. The predicted octanol–water partition coefficient (Wildman–Crippen LogP) is 6.18. The molecule has 25 heavy (non-hydrogen) atoms. The Kier molecular flexibility index (Phi) is 8.83. The van der Waals surface area contributed by atoms with Crippen LogP contribution in [0.2, 0.25) is 0 Å². The van der Waals surface area contributed by atoms with Gasteiger partial charge in [0, 0.05) is 0 Å². The van der Waals surface area contributed by atoms with Crippen LogP contribution in [-0.2, 0) is 11.3 Å². The van der Waals surface area contributed by atoms with Crippen molar-refractivity contribution < 1.29 is 4.74 Å². The van der Waals surface area contributed by atoms with Gasteiger partial charge in [-0.05, 0) is 74.4 Å². The van der Waals surface area contributed by atoms with E-state index < -0.39 is 0 Å². The first-order valence-corrected chi connectivity index (χ1v) is 9.05. The minimum absolute atomic E-state index is 0.458. The Morgan fingerprint density at radius 3 is 2.44 bits per heavy atom. The third-order valence-electron chi connectivity index (χ3n) is 4.45. The van der Waals surface area contributed by atoms with Gasteiger partial charge in [0.1, 0.15) is 12.4 Å². The zero-order chi connectivity index (χ0) is 18.8. The summed E-state index contributed by atoms with van der Waals surface area (Å²) in [5.74, 6) is 0.650. The first kappa shape index (κ1) is 20.8. The summed E-state index contributed by atoms with van der Waals surface area (Å²) in [6, 6.07) is 4.28. The number of ether oxygens (including phenoxy) is 1. The first-order chi connectivity index (χ1) is 11.9. The van der Waals surface area contributed by atoms with Crippen LogP contribution in [0.4, 0.5) is 0 Å². The second-order valence-electron chi connectivity index (χ2n) is 6.45. The molecule has 0 aliphatic carbocycles. The lowest BCUT2D eigenvalue weighted by Gasteiger charge is -2.16. The lowest BCUT2D eigenvalue weighted by Crippen LogP contribution is -2.06. The average Bonchev–Trinajstić information content (AvgIpc) is 2.59. The number of aryl methyl sites for hydroxylation is 2. The number of unbranched alkanes of at least 4 members (excludes halogenated alkanes) is 1. The summed E-state index contributed by atoms with van der Waals surface area (Å²) in [6.45, 7) is 15.0. The van der Waals surface area contributed by atoms with Gasteiger partial charge in [0.25, 0.3) is 0 Å². The summed E-state index contributed by atoms with van der Waals surface area (Å²) < 4.78 is 6.04. The SMILES string of the molecule is C=C(N)/C(=C\C(=C/C)C/C=C\CCC)OCc1c(C)ccc(C)c1C. The van der Waals surface area contributed by atoms with E-state index in [0.29, 0.717) is 18.1 Å². The number of benzene rings is 1. The highest BCUT2D eigenvalue weighted by atomic mass is 16.5. The summed E-state index contributed by atoms with van der Waals surface area (Å²) >= 11 is 0. The van der Waals surface area contributed by atoms with E-state index in [1.807, 2.05) is 13.0 Å². The molecule has 0 aliphatic heterocycles. The molecule has 1 rings (SSSR count). The summed E-state index contributed by atoms with van der Waals surface area (Å²) in [7, 11) is 0. The van der Waals surface area contributed by atoms with E-state index >= 15 is 0 Å². The van der Waals surface area contributed by atoms with Crippen LogP contribution in [0.1, 0.15) is 55.4 Å². The molecule has 1 aromatic carbocycles. The fourth-order valence-corrected chi connectivity index (χ4v) is 2.54. The Labute approximate surface area is 153 Å². The summed E-state index contributed by atoms with van der Waals surface area (Å²) in [6.07, 6.45) is 11.7. The molecule has 0 amide bonds. The Morgan fingerprint density at radius 1 is 1.16 bits per heavy atom. The molecule has 0 bridgehead atoms. The standard InChI is InChI=1S/C23H33NO/c1-7-9-10-11-12-21(8-2)15-23(20(6)24)25-16-22-18(4)14-13-17(3)19(22)5/h8,10-11,13-15H,6-7,9,12,16,24H2,1-5H3/b11-10-,21-8-,23-15+. The van der Waals surface area contributed by atoms with Crippen LogP contribution in [0.3, 0.4) is 0 Å².